The molecule has 0 rings (SSSR count). The van der Waals surface area contributed by atoms with E-state index >= 15 is 0 Å². The first-order valence-corrected chi connectivity index (χ1v) is 1.48. The summed E-state index contributed by atoms with van der Waals surface area (Å²) in [6.07, 6.45) is 0. The minimum Gasteiger partial charge on any atom is -0.481 e. The number of carboxylic acid groups (broad SMARTS) is 1. The fraction of sp³-hybridized carbons (Fsp3) is 0.500. The number of rotatable bonds is 0. The molecule has 0 aromatic heterocycles. The van der Waals surface area contributed by atoms with Crippen molar-refractivity contribution in [2.24, 2.45) is 0 Å². The zero-order chi connectivity index (χ0) is 7.15. The van der Waals surface area contributed by atoms with Crippen LogP contribution in [0.1, 0.15) is 6.92 Å². The summed E-state index contributed by atoms with van der Waals surface area (Å²) in [6, 6.07) is 0. The molecule has 0 aromatic carbocycles. The van der Waals surface area contributed by atoms with Crippen molar-refractivity contribution in [3.63, 3.8) is 0 Å². The first-order valence-electron chi connectivity index (χ1n) is 1.48. The number of hydrogen-bond acceptors (Lipinski definition) is 5. The Balaban J connectivity index is -0.0000000300. The first kappa shape index (κ1) is 22.6. The molecule has 0 saturated heterocycles. The normalized spacial score (nSPS) is 4.90. The van der Waals surface area contributed by atoms with E-state index in [1.165, 1.54) is 0 Å². The molecule has 0 unspecified atom stereocenters. The van der Waals surface area contributed by atoms with Crippen LogP contribution in [0.3, 0.4) is 0 Å². The Labute approximate surface area is 79.0 Å². The summed E-state index contributed by atoms with van der Waals surface area (Å²) in [4.78, 5) is 17.2. The zero-order valence-corrected chi connectivity index (χ0v) is 7.73. The van der Waals surface area contributed by atoms with Crippen molar-refractivity contribution in [1.82, 2.24) is 6.15 Å². The third kappa shape index (κ3) is 2450. The zero-order valence-electron chi connectivity index (χ0n) is 5.73. The molecule has 0 aromatic rings. The molecule has 8 heteroatoms. The molecule has 56 valence electrons. The van der Waals surface area contributed by atoms with Crippen LogP contribution in [0.5, 0.6) is 0 Å². The number of aliphatic carboxylic acids is 1. The van der Waals surface area contributed by atoms with Gasteiger partial charge < -0.3 is 26.6 Å². The van der Waals surface area contributed by atoms with E-state index < -0.39 is 11.1 Å². The Bertz CT molecular complexity index is 75.6. The van der Waals surface area contributed by atoms with Gasteiger partial charge in [0.2, 0.25) is 0 Å². The summed E-state index contributed by atoms with van der Waals surface area (Å²) in [7, 11) is 0. The van der Waals surface area contributed by atoms with Gasteiger partial charge in [0, 0.05) is 6.92 Å². The quantitative estimate of drug-likeness (QED) is 0.221. The third-order valence-electron chi connectivity index (χ3n) is 0. The van der Waals surface area contributed by atoms with Gasteiger partial charge in [-0.1, -0.05) is 0 Å². The van der Waals surface area contributed by atoms with Crippen molar-refractivity contribution in [2.75, 3.05) is 0 Å². The molecule has 10 heavy (non-hydrogen) atoms. The maximum atomic E-state index is 9.00. The van der Waals surface area contributed by atoms with Crippen LogP contribution in [0.4, 0.5) is 0 Å². The molecule has 0 radical (unpaired) electrons. The predicted octanol–water partition coefficient (Wildman–Crippen LogP) is -2.98. The van der Waals surface area contributed by atoms with Crippen LogP contribution in [0.2, 0.25) is 0 Å². The molecule has 0 spiro atoms. The number of nitrogens with zero attached hydrogens (tertiary/aromatic N) is 1. The predicted molar refractivity (Wildman–Crippen MR) is 28.7 cm³/mol. The second-order valence-corrected chi connectivity index (χ2v) is 0.743. The summed E-state index contributed by atoms with van der Waals surface area (Å²) in [5.41, 5.74) is 0. The molecule has 0 amide bonds. The molecule has 0 saturated carbocycles. The van der Waals surface area contributed by atoms with Crippen molar-refractivity contribution in [3.8, 4) is 0 Å². The maximum absolute atomic E-state index is 9.00. The van der Waals surface area contributed by atoms with Crippen molar-refractivity contribution in [2.45, 2.75) is 6.92 Å². The van der Waals surface area contributed by atoms with Gasteiger partial charge in [-0.2, -0.15) is 0 Å². The standard InChI is InChI=1S/C2H4O2.NO3.H3N.Na/c1-2(3)4;2-1(3)4;;/h1H3,(H,3,4);;1H3;/q;-1;;+1. The molecular weight excluding hydrogens is 155 g/mol. The van der Waals surface area contributed by atoms with Gasteiger partial charge in [0.05, 0.1) is 5.09 Å². The van der Waals surface area contributed by atoms with Gasteiger partial charge in [-0.3, -0.25) is 4.79 Å². The molecule has 7 nitrogen and oxygen atoms in total. The summed E-state index contributed by atoms with van der Waals surface area (Å²) in [5.74, 6) is -0.833. The number of carboxylic acids is 1. The molecule has 0 aliphatic rings. The fourth-order valence-electron chi connectivity index (χ4n) is 0. The second-order valence-electron chi connectivity index (χ2n) is 0.743. The Hall–Kier alpha value is -0.370. The second kappa shape index (κ2) is 15.9. The SMILES string of the molecule is CC(=O)O.N.O=[N+]([O-])[O-].[Na+]. The van der Waals surface area contributed by atoms with Gasteiger partial charge in [-0.25, -0.2) is 0 Å². The van der Waals surface area contributed by atoms with E-state index in [1.807, 2.05) is 0 Å². The van der Waals surface area contributed by atoms with Crippen LogP contribution >= 0.6 is 0 Å². The van der Waals surface area contributed by atoms with Gasteiger partial charge >= 0.3 is 29.6 Å². The van der Waals surface area contributed by atoms with Crippen LogP contribution < -0.4 is 35.7 Å². The molecule has 0 fully saturated rings. The van der Waals surface area contributed by atoms with E-state index in [-0.39, 0.29) is 35.7 Å². The van der Waals surface area contributed by atoms with Gasteiger partial charge in [0.25, 0.3) is 5.97 Å². The van der Waals surface area contributed by atoms with Gasteiger partial charge in [-0.05, 0) is 0 Å². The van der Waals surface area contributed by atoms with E-state index in [1.54, 1.807) is 0 Å². The van der Waals surface area contributed by atoms with E-state index in [0.29, 0.717) is 0 Å². The number of hydrogen-bond donors (Lipinski definition) is 2. The Morgan fingerprint density at radius 1 is 1.50 bits per heavy atom. The summed E-state index contributed by atoms with van der Waals surface area (Å²) in [6.45, 7) is 1.08. The van der Waals surface area contributed by atoms with Crippen molar-refractivity contribution in [1.29, 1.82) is 0 Å². The molecule has 0 aliphatic carbocycles. The number of carbonyl (C=O) groups is 1. The topological polar surface area (TPSA) is 138 Å². The Morgan fingerprint density at radius 2 is 1.50 bits per heavy atom. The van der Waals surface area contributed by atoms with Crippen LogP contribution in [-0.4, -0.2) is 16.2 Å². The van der Waals surface area contributed by atoms with E-state index in [0.717, 1.165) is 6.92 Å². The maximum Gasteiger partial charge on any atom is 1.00 e. The minimum absolute atomic E-state index is 0. The third-order valence-corrected chi connectivity index (χ3v) is 0. The van der Waals surface area contributed by atoms with E-state index in [2.05, 4.69) is 0 Å². The van der Waals surface area contributed by atoms with E-state index in [4.69, 9.17) is 25.2 Å². The Morgan fingerprint density at radius 3 is 1.50 bits per heavy atom. The molecule has 0 bridgehead atoms. The van der Waals surface area contributed by atoms with Gasteiger partial charge in [0.15, 0.2) is 0 Å². The summed E-state index contributed by atoms with van der Waals surface area (Å²) in [5, 5.41) is 22.2. The molecule has 0 heterocycles. The largest absolute Gasteiger partial charge is 1.00 e. The van der Waals surface area contributed by atoms with E-state index in [9.17, 15) is 0 Å². The van der Waals surface area contributed by atoms with Crippen LogP contribution in [0, 0.1) is 15.3 Å². The molecule has 0 atom stereocenters. The van der Waals surface area contributed by atoms with Crippen molar-refractivity contribution < 1.29 is 44.5 Å². The molecule has 0 aliphatic heterocycles. The molecule has 4 N–H and O–H groups in total. The van der Waals surface area contributed by atoms with Crippen LogP contribution in [-0.2, 0) is 4.79 Å². The summed E-state index contributed by atoms with van der Waals surface area (Å²) >= 11 is 0. The smallest absolute Gasteiger partial charge is 0.481 e. The van der Waals surface area contributed by atoms with Crippen LogP contribution in [0.25, 0.3) is 0 Å². The van der Waals surface area contributed by atoms with Crippen molar-refractivity contribution >= 4 is 5.97 Å². The Kier molecular flexibility index (Phi) is 35.9. The van der Waals surface area contributed by atoms with Gasteiger partial charge in [0.1, 0.15) is 0 Å². The average Bonchev–Trinajstić information content (AvgIpc) is 1.25. The van der Waals surface area contributed by atoms with Gasteiger partial charge in [-0.15, -0.1) is 0 Å². The fourth-order valence-corrected chi connectivity index (χ4v) is 0. The first-order chi connectivity index (χ1) is 3.46. The minimum atomic E-state index is -1.75. The average molecular weight is 162 g/mol. The van der Waals surface area contributed by atoms with Crippen molar-refractivity contribution in [3.05, 3.63) is 15.3 Å². The molecular formula is C2H7N2NaO5. The monoisotopic (exact) mass is 162 g/mol. The van der Waals surface area contributed by atoms with Crippen LogP contribution in [0.15, 0.2) is 0 Å². The summed E-state index contributed by atoms with van der Waals surface area (Å²) < 4.78 is 0.